The van der Waals surface area contributed by atoms with Crippen molar-refractivity contribution in [3.8, 4) is 0 Å². The molecule has 0 aliphatic rings. The van der Waals surface area contributed by atoms with Crippen molar-refractivity contribution < 1.29 is 9.59 Å². The third-order valence-corrected chi connectivity index (χ3v) is 3.74. The summed E-state index contributed by atoms with van der Waals surface area (Å²) in [5.41, 5.74) is 0.660. The second-order valence-electron chi connectivity index (χ2n) is 3.68. The Bertz CT molecular complexity index is 600. The van der Waals surface area contributed by atoms with Crippen molar-refractivity contribution >= 4 is 61.6 Å². The predicted molar refractivity (Wildman–Crippen MR) is 73.6 cm³/mol. The smallest absolute Gasteiger partial charge is 0.233 e. The Morgan fingerprint density at radius 1 is 1.33 bits per heavy atom. The molecule has 0 unspecified atom stereocenters. The summed E-state index contributed by atoms with van der Waals surface area (Å²) in [5, 5.41) is 3.84. The fraction of sp³-hybridized carbons (Fsp3) is 0.182. The van der Waals surface area contributed by atoms with Crippen molar-refractivity contribution in [1.29, 1.82) is 0 Å². The quantitative estimate of drug-likeness (QED) is 0.883. The summed E-state index contributed by atoms with van der Waals surface area (Å²) in [5.74, 6) is -0.571. The van der Waals surface area contributed by atoms with Crippen LogP contribution in [0.15, 0.2) is 12.1 Å². The molecule has 18 heavy (non-hydrogen) atoms. The van der Waals surface area contributed by atoms with Gasteiger partial charge < -0.3 is 5.32 Å². The van der Waals surface area contributed by atoms with E-state index in [9.17, 15) is 9.59 Å². The SMILES string of the molecule is CC(=O)CC(=O)Nc1nc2cc(Cl)c(Cl)cc2s1. The summed E-state index contributed by atoms with van der Waals surface area (Å²) < 4.78 is 0.822. The molecule has 0 saturated carbocycles. The summed E-state index contributed by atoms with van der Waals surface area (Å²) in [6.07, 6.45) is -0.155. The molecule has 2 aromatic rings. The van der Waals surface area contributed by atoms with Crippen molar-refractivity contribution in [3.63, 3.8) is 0 Å². The van der Waals surface area contributed by atoms with Crippen molar-refractivity contribution in [2.45, 2.75) is 13.3 Å². The topological polar surface area (TPSA) is 59.1 Å². The van der Waals surface area contributed by atoms with Gasteiger partial charge in [-0.05, 0) is 19.1 Å². The van der Waals surface area contributed by atoms with E-state index in [1.54, 1.807) is 12.1 Å². The number of hydrogen-bond acceptors (Lipinski definition) is 4. The molecule has 0 radical (unpaired) electrons. The van der Waals surface area contributed by atoms with Gasteiger partial charge in [0.2, 0.25) is 5.91 Å². The van der Waals surface area contributed by atoms with E-state index in [1.165, 1.54) is 18.3 Å². The maximum absolute atomic E-state index is 11.4. The van der Waals surface area contributed by atoms with Gasteiger partial charge in [0.15, 0.2) is 5.13 Å². The first-order valence-electron chi connectivity index (χ1n) is 5.00. The number of carbonyl (C=O) groups is 2. The monoisotopic (exact) mass is 302 g/mol. The number of nitrogens with one attached hydrogen (secondary N) is 1. The molecule has 0 spiro atoms. The van der Waals surface area contributed by atoms with Gasteiger partial charge in [0.1, 0.15) is 5.78 Å². The van der Waals surface area contributed by atoms with Gasteiger partial charge in [-0.1, -0.05) is 34.5 Å². The van der Waals surface area contributed by atoms with Crippen molar-refractivity contribution in [2.75, 3.05) is 5.32 Å². The van der Waals surface area contributed by atoms with E-state index in [1.807, 2.05) is 0 Å². The van der Waals surface area contributed by atoms with Gasteiger partial charge in [-0.25, -0.2) is 4.98 Å². The molecular weight excluding hydrogens is 295 g/mol. The second-order valence-corrected chi connectivity index (χ2v) is 5.53. The van der Waals surface area contributed by atoms with E-state index in [2.05, 4.69) is 10.3 Å². The number of halogens is 2. The summed E-state index contributed by atoms with van der Waals surface area (Å²) in [6.45, 7) is 1.36. The van der Waals surface area contributed by atoms with Crippen LogP contribution in [0.5, 0.6) is 0 Å². The molecule has 0 bridgehead atoms. The van der Waals surface area contributed by atoms with Crippen LogP contribution in [-0.2, 0) is 9.59 Å². The fourth-order valence-corrected chi connectivity index (χ4v) is 2.66. The molecular formula is C11H8Cl2N2O2S. The molecule has 1 aromatic heterocycles. The third-order valence-electron chi connectivity index (χ3n) is 2.09. The van der Waals surface area contributed by atoms with Gasteiger partial charge in [0.25, 0.3) is 0 Å². The lowest BCUT2D eigenvalue weighted by molar-refractivity contribution is -0.124. The number of thiazole rings is 1. The molecule has 1 heterocycles. The number of rotatable bonds is 3. The molecule has 0 atom stereocenters. The zero-order valence-corrected chi connectivity index (χ0v) is 11.6. The van der Waals surface area contributed by atoms with Crippen molar-refractivity contribution in [3.05, 3.63) is 22.2 Å². The highest BCUT2D eigenvalue weighted by atomic mass is 35.5. The van der Waals surface area contributed by atoms with Crippen LogP contribution in [-0.4, -0.2) is 16.7 Å². The van der Waals surface area contributed by atoms with Crippen molar-refractivity contribution in [2.24, 2.45) is 0 Å². The molecule has 0 fully saturated rings. The van der Waals surface area contributed by atoms with Gasteiger partial charge in [0, 0.05) is 0 Å². The molecule has 7 heteroatoms. The van der Waals surface area contributed by atoms with E-state index < -0.39 is 0 Å². The Morgan fingerprint density at radius 2 is 2.00 bits per heavy atom. The number of nitrogens with zero attached hydrogens (tertiary/aromatic N) is 1. The Labute approximate surface area is 117 Å². The summed E-state index contributed by atoms with van der Waals surface area (Å²) in [4.78, 5) is 26.4. The number of amides is 1. The molecule has 4 nitrogen and oxygen atoms in total. The first-order chi connectivity index (χ1) is 8.45. The zero-order valence-electron chi connectivity index (χ0n) is 9.29. The lowest BCUT2D eigenvalue weighted by atomic mass is 10.3. The van der Waals surface area contributed by atoms with Gasteiger partial charge in [-0.2, -0.15) is 0 Å². The number of ketones is 1. The largest absolute Gasteiger partial charge is 0.302 e. The van der Waals surface area contributed by atoms with E-state index in [4.69, 9.17) is 23.2 Å². The van der Waals surface area contributed by atoms with Gasteiger partial charge >= 0.3 is 0 Å². The van der Waals surface area contributed by atoms with Crippen LogP contribution in [0.3, 0.4) is 0 Å². The van der Waals surface area contributed by atoms with E-state index >= 15 is 0 Å². The number of benzene rings is 1. The number of aromatic nitrogens is 1. The number of fused-ring (bicyclic) bond motifs is 1. The normalized spacial score (nSPS) is 10.6. The lowest BCUT2D eigenvalue weighted by Gasteiger charge is -1.97. The Morgan fingerprint density at radius 3 is 2.67 bits per heavy atom. The van der Waals surface area contributed by atoms with Crippen molar-refractivity contribution in [1.82, 2.24) is 4.98 Å². The molecule has 0 aliphatic carbocycles. The van der Waals surface area contributed by atoms with Crippen LogP contribution >= 0.6 is 34.5 Å². The average Bonchev–Trinajstić information content (AvgIpc) is 2.58. The molecule has 2 rings (SSSR count). The molecule has 94 valence electrons. The molecule has 1 amide bonds. The minimum absolute atomic E-state index is 0.155. The third kappa shape index (κ3) is 2.98. The molecule has 1 aromatic carbocycles. The molecule has 1 N–H and O–H groups in total. The first-order valence-corrected chi connectivity index (χ1v) is 6.58. The number of hydrogen-bond donors (Lipinski definition) is 1. The second kappa shape index (κ2) is 5.22. The summed E-state index contributed by atoms with van der Waals surface area (Å²) in [6, 6.07) is 3.33. The van der Waals surface area contributed by atoms with E-state index in [0.717, 1.165) is 4.70 Å². The highest BCUT2D eigenvalue weighted by Gasteiger charge is 2.11. The van der Waals surface area contributed by atoms with Gasteiger partial charge in [-0.3, -0.25) is 9.59 Å². The maximum Gasteiger partial charge on any atom is 0.233 e. The van der Waals surface area contributed by atoms with Crippen LogP contribution in [0.4, 0.5) is 5.13 Å². The summed E-state index contributed by atoms with van der Waals surface area (Å²) in [7, 11) is 0. The average molecular weight is 303 g/mol. The molecule has 0 aliphatic heterocycles. The number of Topliss-reactive ketones (excluding diaryl/α,β-unsaturated/α-hetero) is 1. The Hall–Kier alpha value is -1.17. The number of carbonyl (C=O) groups excluding carboxylic acids is 2. The highest BCUT2D eigenvalue weighted by Crippen LogP contribution is 2.32. The maximum atomic E-state index is 11.4. The standard InChI is InChI=1S/C11H8Cl2N2O2S/c1-5(16)2-10(17)15-11-14-8-3-6(12)7(13)4-9(8)18-11/h3-4H,2H2,1H3,(H,14,15,17). The zero-order chi connectivity index (χ0) is 13.3. The Kier molecular flexibility index (Phi) is 3.85. The van der Waals surface area contributed by atoms with Crippen LogP contribution in [0.25, 0.3) is 10.2 Å². The Balaban J connectivity index is 2.25. The summed E-state index contributed by atoms with van der Waals surface area (Å²) >= 11 is 13.0. The highest BCUT2D eigenvalue weighted by molar-refractivity contribution is 7.22. The minimum atomic E-state index is -0.376. The first kappa shape index (κ1) is 13.3. The van der Waals surface area contributed by atoms with Crippen LogP contribution in [0.1, 0.15) is 13.3 Å². The minimum Gasteiger partial charge on any atom is -0.302 e. The fourth-order valence-electron chi connectivity index (χ4n) is 1.37. The lowest BCUT2D eigenvalue weighted by Crippen LogP contribution is -2.14. The van der Waals surface area contributed by atoms with E-state index in [-0.39, 0.29) is 18.1 Å². The van der Waals surface area contributed by atoms with Crippen LogP contribution < -0.4 is 5.32 Å². The van der Waals surface area contributed by atoms with Crippen LogP contribution in [0, 0.1) is 0 Å². The van der Waals surface area contributed by atoms with Gasteiger partial charge in [-0.15, -0.1) is 0 Å². The van der Waals surface area contributed by atoms with Crippen LogP contribution in [0.2, 0.25) is 10.0 Å². The van der Waals surface area contributed by atoms with E-state index in [0.29, 0.717) is 20.7 Å². The predicted octanol–water partition coefficient (Wildman–Crippen LogP) is 3.52. The molecule has 0 saturated heterocycles. The van der Waals surface area contributed by atoms with Gasteiger partial charge in [0.05, 0.1) is 26.7 Å². The number of anilines is 1.